The maximum Gasteiger partial charge on any atom is 0.318 e. The number of imide groups is 1. The molecule has 6 nitrogen and oxygen atoms in total. The molecule has 0 spiro atoms. The lowest BCUT2D eigenvalue weighted by atomic mass is 10.4. The molecule has 1 unspecified atom stereocenters. The summed E-state index contributed by atoms with van der Waals surface area (Å²) in [6.07, 6.45) is -0.522. The van der Waals surface area contributed by atoms with Crippen molar-refractivity contribution >= 4 is 11.9 Å². The number of carbonyl (C=O) groups is 2. The fourth-order valence-corrected chi connectivity index (χ4v) is 0.576. The second kappa shape index (κ2) is 5.50. The molecule has 0 fully saturated rings. The lowest BCUT2D eigenvalue weighted by molar-refractivity contribution is -0.119. The number of aliphatic hydroxyl groups excluding tert-OH is 1. The summed E-state index contributed by atoms with van der Waals surface area (Å²) in [6, 6.07) is -0.876. The first-order valence-corrected chi connectivity index (χ1v) is 3.50. The van der Waals surface area contributed by atoms with E-state index in [1.165, 1.54) is 0 Å². The van der Waals surface area contributed by atoms with Crippen LogP contribution in [-0.4, -0.2) is 36.2 Å². The standard InChI is InChI=1S/C6H13N3O3/c1-4(10)2-8-3-5(11)9-6(7)12/h4,8,10H,2-3H2,1H3,(H3,7,9,11,12). The van der Waals surface area contributed by atoms with Crippen molar-refractivity contribution < 1.29 is 14.7 Å². The third-order valence-corrected chi connectivity index (χ3v) is 0.988. The molecule has 0 bridgehead atoms. The molecule has 0 saturated heterocycles. The van der Waals surface area contributed by atoms with E-state index in [9.17, 15) is 9.59 Å². The van der Waals surface area contributed by atoms with E-state index >= 15 is 0 Å². The van der Waals surface area contributed by atoms with Crippen LogP contribution in [0.5, 0.6) is 0 Å². The molecule has 70 valence electrons. The first-order valence-electron chi connectivity index (χ1n) is 3.50. The smallest absolute Gasteiger partial charge is 0.318 e. The van der Waals surface area contributed by atoms with Crippen LogP contribution in [0.15, 0.2) is 0 Å². The summed E-state index contributed by atoms with van der Waals surface area (Å²) in [7, 11) is 0. The van der Waals surface area contributed by atoms with E-state index in [-0.39, 0.29) is 6.54 Å². The van der Waals surface area contributed by atoms with Gasteiger partial charge in [-0.25, -0.2) is 4.79 Å². The second-order valence-corrected chi connectivity index (χ2v) is 2.39. The average molecular weight is 175 g/mol. The number of aliphatic hydroxyl groups is 1. The molecular weight excluding hydrogens is 162 g/mol. The highest BCUT2D eigenvalue weighted by atomic mass is 16.3. The summed E-state index contributed by atoms with van der Waals surface area (Å²) < 4.78 is 0. The maximum absolute atomic E-state index is 10.7. The van der Waals surface area contributed by atoms with Gasteiger partial charge in [0.1, 0.15) is 0 Å². The van der Waals surface area contributed by atoms with Gasteiger partial charge in [0.2, 0.25) is 5.91 Å². The van der Waals surface area contributed by atoms with Gasteiger partial charge in [-0.05, 0) is 6.92 Å². The Labute approximate surface area is 70.1 Å². The number of urea groups is 1. The van der Waals surface area contributed by atoms with E-state index in [1.807, 2.05) is 5.32 Å². The second-order valence-electron chi connectivity index (χ2n) is 2.39. The molecule has 1 atom stereocenters. The van der Waals surface area contributed by atoms with Gasteiger partial charge >= 0.3 is 6.03 Å². The van der Waals surface area contributed by atoms with E-state index in [0.717, 1.165) is 0 Å². The van der Waals surface area contributed by atoms with Crippen LogP contribution < -0.4 is 16.4 Å². The molecule has 0 saturated carbocycles. The third kappa shape index (κ3) is 6.97. The monoisotopic (exact) mass is 175 g/mol. The van der Waals surface area contributed by atoms with Crippen molar-refractivity contribution in [3.63, 3.8) is 0 Å². The number of nitrogens with one attached hydrogen (secondary N) is 2. The minimum absolute atomic E-state index is 0.0339. The van der Waals surface area contributed by atoms with Gasteiger partial charge in [0.25, 0.3) is 0 Å². The first-order chi connectivity index (χ1) is 5.52. The molecule has 6 heteroatoms. The largest absolute Gasteiger partial charge is 0.392 e. The molecule has 0 aliphatic heterocycles. The summed E-state index contributed by atoms with van der Waals surface area (Å²) in [6.45, 7) is 1.85. The Morgan fingerprint density at radius 3 is 2.58 bits per heavy atom. The Morgan fingerprint density at radius 2 is 2.17 bits per heavy atom. The van der Waals surface area contributed by atoms with Gasteiger partial charge in [-0.1, -0.05) is 0 Å². The zero-order valence-electron chi connectivity index (χ0n) is 6.83. The maximum atomic E-state index is 10.7. The van der Waals surface area contributed by atoms with Crippen LogP contribution in [0.2, 0.25) is 0 Å². The Balaban J connectivity index is 3.38. The van der Waals surface area contributed by atoms with Crippen molar-refractivity contribution in [3.05, 3.63) is 0 Å². The van der Waals surface area contributed by atoms with Crippen molar-refractivity contribution in [1.82, 2.24) is 10.6 Å². The van der Waals surface area contributed by atoms with Crippen LogP contribution in [0.4, 0.5) is 4.79 Å². The van der Waals surface area contributed by atoms with Crippen LogP contribution in [0.25, 0.3) is 0 Å². The lowest BCUT2D eigenvalue weighted by Crippen LogP contribution is -2.41. The molecule has 0 aromatic carbocycles. The molecule has 12 heavy (non-hydrogen) atoms. The summed E-state index contributed by atoms with van der Waals surface area (Å²) in [5.74, 6) is -0.511. The van der Waals surface area contributed by atoms with Crippen molar-refractivity contribution in [2.45, 2.75) is 13.0 Å². The first kappa shape index (κ1) is 10.9. The molecule has 3 amide bonds. The van der Waals surface area contributed by atoms with Crippen molar-refractivity contribution in [2.24, 2.45) is 5.73 Å². The number of hydrogen-bond acceptors (Lipinski definition) is 4. The highest BCUT2D eigenvalue weighted by molar-refractivity contribution is 5.94. The topological polar surface area (TPSA) is 104 Å². The Morgan fingerprint density at radius 1 is 1.58 bits per heavy atom. The number of nitrogens with two attached hydrogens (primary N) is 1. The molecule has 0 heterocycles. The number of rotatable bonds is 4. The van der Waals surface area contributed by atoms with Crippen molar-refractivity contribution in [2.75, 3.05) is 13.1 Å². The minimum atomic E-state index is -0.876. The fraction of sp³-hybridized carbons (Fsp3) is 0.667. The van der Waals surface area contributed by atoms with Crippen molar-refractivity contribution in [3.8, 4) is 0 Å². The Bertz CT molecular complexity index is 169. The fourth-order valence-electron chi connectivity index (χ4n) is 0.576. The molecular formula is C6H13N3O3. The van der Waals surface area contributed by atoms with Gasteiger partial charge in [-0.15, -0.1) is 0 Å². The van der Waals surface area contributed by atoms with Crippen molar-refractivity contribution in [1.29, 1.82) is 0 Å². The predicted octanol–water partition coefficient (Wildman–Crippen LogP) is -1.85. The van der Waals surface area contributed by atoms with Crippen LogP contribution in [0.1, 0.15) is 6.92 Å². The third-order valence-electron chi connectivity index (χ3n) is 0.988. The highest BCUT2D eigenvalue weighted by Gasteiger charge is 2.03. The van der Waals surface area contributed by atoms with Crippen LogP contribution in [0.3, 0.4) is 0 Å². The number of carbonyl (C=O) groups excluding carboxylic acids is 2. The summed E-state index contributed by atoms with van der Waals surface area (Å²) >= 11 is 0. The van der Waals surface area contributed by atoms with E-state index in [1.54, 1.807) is 6.92 Å². The van der Waals surface area contributed by atoms with E-state index in [4.69, 9.17) is 5.11 Å². The normalized spacial score (nSPS) is 12.2. The van der Waals surface area contributed by atoms with Crippen LogP contribution in [0, 0.1) is 0 Å². The Hall–Kier alpha value is -1.14. The van der Waals surface area contributed by atoms with E-state index in [2.05, 4.69) is 11.1 Å². The zero-order valence-corrected chi connectivity index (χ0v) is 6.83. The molecule has 0 aromatic rings. The van der Waals surface area contributed by atoms with Gasteiger partial charge in [-0.2, -0.15) is 0 Å². The lowest BCUT2D eigenvalue weighted by Gasteiger charge is -2.05. The number of amides is 3. The molecule has 0 aliphatic rings. The van der Waals surface area contributed by atoms with E-state index in [0.29, 0.717) is 6.54 Å². The van der Waals surface area contributed by atoms with Gasteiger partial charge in [0.15, 0.2) is 0 Å². The van der Waals surface area contributed by atoms with Gasteiger partial charge in [0.05, 0.1) is 12.6 Å². The minimum Gasteiger partial charge on any atom is -0.392 e. The number of primary amides is 1. The molecule has 0 aliphatic carbocycles. The molecule has 5 N–H and O–H groups in total. The molecule has 0 radical (unpaired) electrons. The average Bonchev–Trinajstić information content (AvgIpc) is 1.84. The summed E-state index contributed by atoms with van der Waals surface area (Å²) in [5, 5.41) is 13.3. The summed E-state index contributed by atoms with van der Waals surface area (Å²) in [4.78, 5) is 20.8. The number of hydrogen-bond donors (Lipinski definition) is 4. The van der Waals surface area contributed by atoms with Crippen LogP contribution >= 0.6 is 0 Å². The SMILES string of the molecule is CC(O)CNCC(=O)NC(N)=O. The van der Waals surface area contributed by atoms with Crippen LogP contribution in [-0.2, 0) is 4.79 Å². The zero-order chi connectivity index (χ0) is 9.56. The Kier molecular flexibility index (Phi) is 4.98. The highest BCUT2D eigenvalue weighted by Crippen LogP contribution is 1.73. The predicted molar refractivity (Wildman–Crippen MR) is 42.3 cm³/mol. The molecule has 0 rings (SSSR count). The quantitative estimate of drug-likeness (QED) is 0.402. The van der Waals surface area contributed by atoms with Gasteiger partial charge < -0.3 is 16.2 Å². The van der Waals surface area contributed by atoms with E-state index < -0.39 is 18.0 Å². The summed E-state index contributed by atoms with van der Waals surface area (Å²) in [5.41, 5.74) is 4.68. The molecule has 0 aromatic heterocycles. The van der Waals surface area contributed by atoms with Gasteiger partial charge in [-0.3, -0.25) is 10.1 Å². The van der Waals surface area contributed by atoms with Gasteiger partial charge in [0, 0.05) is 6.54 Å².